The van der Waals surface area contributed by atoms with Gasteiger partial charge in [0.15, 0.2) is 0 Å². The van der Waals surface area contributed by atoms with Crippen LogP contribution in [0.25, 0.3) is 0 Å². The Morgan fingerprint density at radius 3 is 2.58 bits per heavy atom. The highest BCUT2D eigenvalue weighted by Gasteiger charge is 2.14. The van der Waals surface area contributed by atoms with E-state index in [1.165, 1.54) is 0 Å². The molecule has 4 nitrogen and oxygen atoms in total. The number of halogens is 1. The lowest BCUT2D eigenvalue weighted by Gasteiger charge is -2.21. The van der Waals surface area contributed by atoms with Crippen LogP contribution in [0.2, 0.25) is 0 Å². The molecule has 134 valence electrons. The fourth-order valence-corrected chi connectivity index (χ4v) is 3.27. The topological polar surface area (TPSA) is 45.5 Å². The summed E-state index contributed by atoms with van der Waals surface area (Å²) in [6, 6.07) is 19.7. The Labute approximate surface area is 162 Å². The molecule has 0 atom stereocenters. The third-order valence-corrected chi connectivity index (χ3v) is 4.53. The van der Waals surface area contributed by atoms with Crippen LogP contribution < -0.4 is 5.32 Å². The van der Waals surface area contributed by atoms with Crippen molar-refractivity contribution in [2.24, 2.45) is 0 Å². The van der Waals surface area contributed by atoms with Gasteiger partial charge in [-0.05, 0) is 48.4 Å². The molecule has 0 radical (unpaired) electrons. The highest BCUT2D eigenvalue weighted by atomic mass is 79.9. The van der Waals surface area contributed by atoms with E-state index in [1.54, 1.807) is 6.26 Å². The number of hydrogen-bond acceptors (Lipinski definition) is 3. The molecule has 1 aromatic heterocycles. The molecule has 26 heavy (non-hydrogen) atoms. The van der Waals surface area contributed by atoms with Gasteiger partial charge in [0.2, 0.25) is 5.91 Å². The van der Waals surface area contributed by atoms with Crippen LogP contribution in [0, 0.1) is 6.92 Å². The van der Waals surface area contributed by atoms with E-state index in [0.717, 1.165) is 27.0 Å². The third kappa shape index (κ3) is 5.31. The zero-order chi connectivity index (χ0) is 18.4. The highest BCUT2D eigenvalue weighted by Crippen LogP contribution is 2.20. The van der Waals surface area contributed by atoms with Crippen LogP contribution in [0.1, 0.15) is 16.9 Å². The molecule has 0 aliphatic carbocycles. The number of aryl methyl sites for hydroxylation is 1. The average molecular weight is 413 g/mol. The highest BCUT2D eigenvalue weighted by molar-refractivity contribution is 9.10. The number of carbonyl (C=O) groups excluding carboxylic acids is 1. The first kappa shape index (κ1) is 18.4. The molecule has 0 aliphatic heterocycles. The first-order valence-corrected chi connectivity index (χ1v) is 9.24. The Kier molecular flexibility index (Phi) is 6.26. The molecule has 1 amide bonds. The number of furan rings is 1. The third-order valence-electron chi connectivity index (χ3n) is 4.04. The van der Waals surface area contributed by atoms with Gasteiger partial charge in [0, 0.05) is 16.7 Å². The van der Waals surface area contributed by atoms with Crippen molar-refractivity contribution in [2.75, 3.05) is 11.9 Å². The molecule has 5 heteroatoms. The van der Waals surface area contributed by atoms with E-state index in [9.17, 15) is 4.79 Å². The van der Waals surface area contributed by atoms with Crippen molar-refractivity contribution in [3.63, 3.8) is 0 Å². The summed E-state index contributed by atoms with van der Waals surface area (Å²) in [5.41, 5.74) is 3.01. The minimum Gasteiger partial charge on any atom is -0.468 e. The summed E-state index contributed by atoms with van der Waals surface area (Å²) in [6.45, 7) is 3.51. The Balaban J connectivity index is 1.68. The van der Waals surface area contributed by atoms with Crippen LogP contribution in [-0.2, 0) is 17.9 Å². The lowest BCUT2D eigenvalue weighted by molar-refractivity contribution is -0.117. The summed E-state index contributed by atoms with van der Waals surface area (Å²) in [5, 5.41) is 3.00. The molecule has 0 saturated heterocycles. The lowest BCUT2D eigenvalue weighted by Crippen LogP contribution is -2.32. The fourth-order valence-electron chi connectivity index (χ4n) is 2.79. The van der Waals surface area contributed by atoms with E-state index >= 15 is 0 Å². The van der Waals surface area contributed by atoms with E-state index in [0.29, 0.717) is 13.1 Å². The Morgan fingerprint density at radius 2 is 1.88 bits per heavy atom. The maximum atomic E-state index is 12.6. The maximum absolute atomic E-state index is 12.6. The van der Waals surface area contributed by atoms with Crippen LogP contribution >= 0.6 is 15.9 Å². The van der Waals surface area contributed by atoms with Gasteiger partial charge in [0.25, 0.3) is 0 Å². The second-order valence-electron chi connectivity index (χ2n) is 6.22. The molecule has 0 saturated carbocycles. The van der Waals surface area contributed by atoms with Gasteiger partial charge in [-0.25, -0.2) is 0 Å². The maximum Gasteiger partial charge on any atom is 0.238 e. The van der Waals surface area contributed by atoms with Crippen LogP contribution in [0.5, 0.6) is 0 Å². The van der Waals surface area contributed by atoms with Crippen molar-refractivity contribution in [3.8, 4) is 0 Å². The summed E-state index contributed by atoms with van der Waals surface area (Å²) in [6.07, 6.45) is 1.65. The number of nitrogens with zero attached hydrogens (tertiary/aromatic N) is 1. The number of anilines is 1. The molecule has 0 aliphatic rings. The molecule has 0 unspecified atom stereocenters. The predicted molar refractivity (Wildman–Crippen MR) is 107 cm³/mol. The average Bonchev–Trinajstić information content (AvgIpc) is 3.11. The van der Waals surface area contributed by atoms with Crippen LogP contribution in [0.15, 0.2) is 75.8 Å². The Morgan fingerprint density at radius 1 is 1.08 bits per heavy atom. The molecule has 1 heterocycles. The van der Waals surface area contributed by atoms with Gasteiger partial charge < -0.3 is 9.73 Å². The van der Waals surface area contributed by atoms with Gasteiger partial charge >= 0.3 is 0 Å². The summed E-state index contributed by atoms with van der Waals surface area (Å²) in [4.78, 5) is 14.7. The molecule has 1 N–H and O–H groups in total. The summed E-state index contributed by atoms with van der Waals surface area (Å²) in [5.74, 6) is 0.798. The SMILES string of the molecule is Cc1cc(Br)ccc1NC(=O)CN(Cc1ccccc1)Cc1ccco1. The number of nitrogens with one attached hydrogen (secondary N) is 1. The number of rotatable bonds is 7. The molecule has 0 bridgehead atoms. The van der Waals surface area contributed by atoms with Crippen molar-refractivity contribution < 1.29 is 9.21 Å². The first-order chi connectivity index (χ1) is 12.6. The van der Waals surface area contributed by atoms with Crippen LogP contribution in [0.3, 0.4) is 0 Å². The largest absolute Gasteiger partial charge is 0.468 e. The van der Waals surface area contributed by atoms with E-state index in [-0.39, 0.29) is 12.5 Å². The van der Waals surface area contributed by atoms with Crippen LogP contribution in [-0.4, -0.2) is 17.4 Å². The van der Waals surface area contributed by atoms with E-state index < -0.39 is 0 Å². The van der Waals surface area contributed by atoms with E-state index in [4.69, 9.17) is 4.42 Å². The standard InChI is InChI=1S/C21H21BrN2O2/c1-16-12-18(22)9-10-20(16)23-21(25)15-24(14-19-8-5-11-26-19)13-17-6-3-2-4-7-17/h2-12H,13-15H2,1H3,(H,23,25). The minimum absolute atomic E-state index is 0.0436. The van der Waals surface area contributed by atoms with Crippen molar-refractivity contribution >= 4 is 27.5 Å². The second kappa shape index (κ2) is 8.83. The first-order valence-electron chi connectivity index (χ1n) is 8.45. The summed E-state index contributed by atoms with van der Waals surface area (Å²) in [7, 11) is 0. The summed E-state index contributed by atoms with van der Waals surface area (Å²) < 4.78 is 6.45. The monoisotopic (exact) mass is 412 g/mol. The van der Waals surface area contributed by atoms with Gasteiger partial charge in [-0.15, -0.1) is 0 Å². The molecule has 0 fully saturated rings. The minimum atomic E-state index is -0.0436. The van der Waals surface area contributed by atoms with E-state index in [2.05, 4.69) is 38.3 Å². The zero-order valence-electron chi connectivity index (χ0n) is 14.6. The number of amides is 1. The number of hydrogen-bond donors (Lipinski definition) is 1. The number of benzene rings is 2. The van der Waals surface area contributed by atoms with Crippen molar-refractivity contribution in [2.45, 2.75) is 20.0 Å². The van der Waals surface area contributed by atoms with Crippen molar-refractivity contribution in [1.29, 1.82) is 0 Å². The zero-order valence-corrected chi connectivity index (χ0v) is 16.2. The quantitative estimate of drug-likeness (QED) is 0.594. The van der Waals surface area contributed by atoms with Gasteiger partial charge in [-0.2, -0.15) is 0 Å². The summed E-state index contributed by atoms with van der Waals surface area (Å²) >= 11 is 3.44. The Hall–Kier alpha value is -2.37. The second-order valence-corrected chi connectivity index (χ2v) is 7.13. The molecule has 3 aromatic rings. The molecule has 2 aromatic carbocycles. The van der Waals surface area contributed by atoms with Crippen LogP contribution in [0.4, 0.5) is 5.69 Å². The predicted octanol–water partition coefficient (Wildman–Crippen LogP) is 4.99. The van der Waals surface area contributed by atoms with Crippen molar-refractivity contribution in [3.05, 3.63) is 88.3 Å². The molecular weight excluding hydrogens is 392 g/mol. The molecule has 0 spiro atoms. The van der Waals surface area contributed by atoms with Gasteiger partial charge in [-0.3, -0.25) is 9.69 Å². The lowest BCUT2D eigenvalue weighted by atomic mass is 10.2. The number of carbonyl (C=O) groups is 1. The smallest absolute Gasteiger partial charge is 0.238 e. The Bertz CT molecular complexity index is 848. The van der Waals surface area contributed by atoms with E-state index in [1.807, 2.05) is 55.5 Å². The molecular formula is C21H21BrN2O2. The fraction of sp³-hybridized carbons (Fsp3) is 0.190. The van der Waals surface area contributed by atoms with Gasteiger partial charge in [0.1, 0.15) is 5.76 Å². The van der Waals surface area contributed by atoms with Gasteiger partial charge in [-0.1, -0.05) is 46.3 Å². The normalized spacial score (nSPS) is 10.9. The van der Waals surface area contributed by atoms with Crippen molar-refractivity contribution in [1.82, 2.24) is 4.90 Å². The molecule has 3 rings (SSSR count). The van der Waals surface area contributed by atoms with Gasteiger partial charge in [0.05, 0.1) is 19.4 Å².